The van der Waals surface area contributed by atoms with Crippen LogP contribution in [-0.2, 0) is 6.54 Å². The highest BCUT2D eigenvalue weighted by Crippen LogP contribution is 2.21. The molecule has 1 amide bonds. The van der Waals surface area contributed by atoms with E-state index in [0.29, 0.717) is 12.1 Å². The SMILES string of the molecule is Cc1cccc(-c2cccc(CNC(=O)c3ccc(C)nc3)c2)c1. The Labute approximate surface area is 142 Å². The van der Waals surface area contributed by atoms with Crippen LogP contribution in [0.1, 0.15) is 27.2 Å². The average Bonchev–Trinajstić information content (AvgIpc) is 2.60. The van der Waals surface area contributed by atoms with E-state index >= 15 is 0 Å². The zero-order valence-corrected chi connectivity index (χ0v) is 13.9. The van der Waals surface area contributed by atoms with Crippen molar-refractivity contribution in [1.29, 1.82) is 0 Å². The van der Waals surface area contributed by atoms with E-state index < -0.39 is 0 Å². The zero-order valence-electron chi connectivity index (χ0n) is 13.9. The fourth-order valence-corrected chi connectivity index (χ4v) is 2.57. The number of pyridine rings is 1. The number of rotatable bonds is 4. The van der Waals surface area contributed by atoms with Gasteiger partial charge in [-0.3, -0.25) is 9.78 Å². The lowest BCUT2D eigenvalue weighted by molar-refractivity contribution is 0.0950. The van der Waals surface area contributed by atoms with Gasteiger partial charge in [0.05, 0.1) is 5.56 Å². The fraction of sp³-hybridized carbons (Fsp3) is 0.143. The van der Waals surface area contributed by atoms with E-state index in [2.05, 4.69) is 53.6 Å². The summed E-state index contributed by atoms with van der Waals surface area (Å²) in [5.74, 6) is -0.108. The molecule has 0 fully saturated rings. The summed E-state index contributed by atoms with van der Waals surface area (Å²) in [4.78, 5) is 16.3. The molecule has 3 nitrogen and oxygen atoms in total. The van der Waals surface area contributed by atoms with Gasteiger partial charge < -0.3 is 5.32 Å². The van der Waals surface area contributed by atoms with Gasteiger partial charge in [-0.2, -0.15) is 0 Å². The van der Waals surface area contributed by atoms with E-state index in [4.69, 9.17) is 0 Å². The summed E-state index contributed by atoms with van der Waals surface area (Å²) in [5, 5.41) is 2.95. The summed E-state index contributed by atoms with van der Waals surface area (Å²) < 4.78 is 0. The standard InChI is InChI=1S/C21H20N2O/c1-15-5-3-7-18(11-15)19-8-4-6-17(12-19)13-23-21(24)20-10-9-16(2)22-14-20/h3-12,14H,13H2,1-2H3,(H,23,24). The number of nitrogens with zero attached hydrogens (tertiary/aromatic N) is 1. The molecule has 120 valence electrons. The molecule has 0 atom stereocenters. The van der Waals surface area contributed by atoms with Gasteiger partial charge in [0.25, 0.3) is 5.91 Å². The second kappa shape index (κ2) is 7.09. The van der Waals surface area contributed by atoms with E-state index in [1.165, 1.54) is 11.1 Å². The average molecular weight is 316 g/mol. The van der Waals surface area contributed by atoms with Crippen LogP contribution in [0.3, 0.4) is 0 Å². The third-order valence-electron chi connectivity index (χ3n) is 3.91. The van der Waals surface area contributed by atoms with Gasteiger partial charge in [-0.05, 0) is 48.7 Å². The second-order valence-corrected chi connectivity index (χ2v) is 5.94. The molecule has 0 spiro atoms. The lowest BCUT2D eigenvalue weighted by atomic mass is 10.0. The Bertz CT molecular complexity index is 854. The Balaban J connectivity index is 1.71. The van der Waals surface area contributed by atoms with Crippen LogP contribution in [0.2, 0.25) is 0 Å². The molecule has 0 aliphatic carbocycles. The maximum Gasteiger partial charge on any atom is 0.253 e. The summed E-state index contributed by atoms with van der Waals surface area (Å²) in [6, 6.07) is 20.3. The molecule has 0 unspecified atom stereocenters. The van der Waals surface area contributed by atoms with Crippen LogP contribution in [0.15, 0.2) is 66.9 Å². The minimum atomic E-state index is -0.108. The lowest BCUT2D eigenvalue weighted by Crippen LogP contribution is -2.22. The number of hydrogen-bond donors (Lipinski definition) is 1. The fourth-order valence-electron chi connectivity index (χ4n) is 2.57. The largest absolute Gasteiger partial charge is 0.348 e. The van der Waals surface area contributed by atoms with Crippen LogP contribution in [0.5, 0.6) is 0 Å². The molecule has 1 N–H and O–H groups in total. The topological polar surface area (TPSA) is 42.0 Å². The minimum absolute atomic E-state index is 0.108. The molecular formula is C21H20N2O. The molecule has 0 radical (unpaired) electrons. The van der Waals surface area contributed by atoms with Gasteiger partial charge in [-0.15, -0.1) is 0 Å². The lowest BCUT2D eigenvalue weighted by Gasteiger charge is -2.08. The first kappa shape index (κ1) is 15.9. The second-order valence-electron chi connectivity index (χ2n) is 5.94. The highest BCUT2D eigenvalue weighted by molar-refractivity contribution is 5.93. The van der Waals surface area contributed by atoms with Gasteiger partial charge >= 0.3 is 0 Å². The third-order valence-corrected chi connectivity index (χ3v) is 3.91. The molecule has 3 aromatic rings. The van der Waals surface area contributed by atoms with E-state index in [9.17, 15) is 4.79 Å². The quantitative estimate of drug-likeness (QED) is 0.780. The Morgan fingerprint density at radius 1 is 0.958 bits per heavy atom. The number of amides is 1. The molecule has 3 rings (SSSR count). The predicted octanol–water partition coefficient (Wildman–Crippen LogP) is 4.30. The molecule has 2 aromatic carbocycles. The van der Waals surface area contributed by atoms with Crippen molar-refractivity contribution in [3.8, 4) is 11.1 Å². The van der Waals surface area contributed by atoms with Crippen molar-refractivity contribution in [1.82, 2.24) is 10.3 Å². The zero-order chi connectivity index (χ0) is 16.9. The number of benzene rings is 2. The normalized spacial score (nSPS) is 10.4. The summed E-state index contributed by atoms with van der Waals surface area (Å²) in [6.45, 7) is 4.48. The molecule has 0 aliphatic heterocycles. The minimum Gasteiger partial charge on any atom is -0.348 e. The molecule has 24 heavy (non-hydrogen) atoms. The van der Waals surface area contributed by atoms with Crippen molar-refractivity contribution >= 4 is 5.91 Å². The first-order chi connectivity index (χ1) is 11.6. The van der Waals surface area contributed by atoms with Crippen LogP contribution >= 0.6 is 0 Å². The third kappa shape index (κ3) is 3.87. The van der Waals surface area contributed by atoms with E-state index in [-0.39, 0.29) is 5.91 Å². The molecule has 0 saturated carbocycles. The number of aromatic nitrogens is 1. The first-order valence-corrected chi connectivity index (χ1v) is 7.99. The summed E-state index contributed by atoms with van der Waals surface area (Å²) in [6.07, 6.45) is 1.60. The van der Waals surface area contributed by atoms with Gasteiger partial charge in [0, 0.05) is 18.4 Å². The Hall–Kier alpha value is -2.94. The van der Waals surface area contributed by atoms with Crippen molar-refractivity contribution in [2.45, 2.75) is 20.4 Å². The molecule has 1 heterocycles. The molecule has 0 bridgehead atoms. The number of carbonyl (C=O) groups excluding carboxylic acids is 1. The number of hydrogen-bond acceptors (Lipinski definition) is 2. The highest BCUT2D eigenvalue weighted by atomic mass is 16.1. The predicted molar refractivity (Wildman–Crippen MR) is 96.8 cm³/mol. The van der Waals surface area contributed by atoms with Gasteiger partial charge in [0.1, 0.15) is 0 Å². The summed E-state index contributed by atoms with van der Waals surface area (Å²) in [5.41, 5.74) is 6.13. The van der Waals surface area contributed by atoms with Crippen molar-refractivity contribution in [3.05, 3.63) is 89.2 Å². The van der Waals surface area contributed by atoms with Gasteiger partial charge in [0.15, 0.2) is 0 Å². The van der Waals surface area contributed by atoms with Gasteiger partial charge in [0.2, 0.25) is 0 Å². The molecule has 0 aliphatic rings. The Kier molecular flexibility index (Phi) is 4.71. The van der Waals surface area contributed by atoms with Gasteiger partial charge in [-0.1, -0.05) is 48.0 Å². The molecule has 0 saturated heterocycles. The van der Waals surface area contributed by atoms with Crippen molar-refractivity contribution in [3.63, 3.8) is 0 Å². The summed E-state index contributed by atoms with van der Waals surface area (Å²) >= 11 is 0. The van der Waals surface area contributed by atoms with Crippen LogP contribution in [0.4, 0.5) is 0 Å². The Morgan fingerprint density at radius 3 is 2.42 bits per heavy atom. The maximum absolute atomic E-state index is 12.2. The number of carbonyl (C=O) groups is 1. The summed E-state index contributed by atoms with van der Waals surface area (Å²) in [7, 11) is 0. The highest BCUT2D eigenvalue weighted by Gasteiger charge is 2.06. The van der Waals surface area contributed by atoms with Crippen LogP contribution in [0, 0.1) is 13.8 Å². The van der Waals surface area contributed by atoms with Gasteiger partial charge in [-0.25, -0.2) is 0 Å². The molecular weight excluding hydrogens is 296 g/mol. The molecule has 1 aromatic heterocycles. The van der Waals surface area contributed by atoms with Crippen molar-refractivity contribution < 1.29 is 4.79 Å². The van der Waals surface area contributed by atoms with Crippen LogP contribution < -0.4 is 5.32 Å². The van der Waals surface area contributed by atoms with E-state index in [1.54, 1.807) is 12.3 Å². The van der Waals surface area contributed by atoms with Crippen LogP contribution in [-0.4, -0.2) is 10.9 Å². The van der Waals surface area contributed by atoms with Crippen molar-refractivity contribution in [2.24, 2.45) is 0 Å². The van der Waals surface area contributed by atoms with E-state index in [0.717, 1.165) is 16.8 Å². The van der Waals surface area contributed by atoms with Crippen LogP contribution in [0.25, 0.3) is 11.1 Å². The Morgan fingerprint density at radius 2 is 1.71 bits per heavy atom. The maximum atomic E-state index is 12.2. The van der Waals surface area contributed by atoms with E-state index in [1.807, 2.05) is 25.1 Å². The monoisotopic (exact) mass is 316 g/mol. The smallest absolute Gasteiger partial charge is 0.253 e. The molecule has 3 heteroatoms. The number of nitrogens with one attached hydrogen (secondary N) is 1. The number of aryl methyl sites for hydroxylation is 2. The van der Waals surface area contributed by atoms with Crippen molar-refractivity contribution in [2.75, 3.05) is 0 Å². The first-order valence-electron chi connectivity index (χ1n) is 7.99.